The Hall–Kier alpha value is -0.870. The number of nitrogens with zero attached hydrogens (tertiary/aromatic N) is 1. The predicted molar refractivity (Wildman–Crippen MR) is 67.5 cm³/mol. The van der Waals surface area contributed by atoms with Crippen LogP contribution in [-0.2, 0) is 11.3 Å². The fourth-order valence-corrected chi connectivity index (χ4v) is 3.45. The van der Waals surface area contributed by atoms with E-state index in [1.54, 1.807) is 0 Å². The molecule has 0 amide bonds. The van der Waals surface area contributed by atoms with Crippen molar-refractivity contribution < 1.29 is 9.90 Å². The van der Waals surface area contributed by atoms with Crippen molar-refractivity contribution in [2.24, 2.45) is 17.8 Å². The molecule has 3 nitrogen and oxygen atoms in total. The van der Waals surface area contributed by atoms with Gasteiger partial charge in [0.05, 0.1) is 5.92 Å². The second kappa shape index (κ2) is 4.10. The van der Waals surface area contributed by atoms with Crippen LogP contribution in [0, 0.1) is 17.8 Å². The van der Waals surface area contributed by atoms with Gasteiger partial charge in [-0.15, -0.1) is 0 Å². The first-order valence-electron chi connectivity index (χ1n) is 5.85. The fourth-order valence-electron chi connectivity index (χ4n) is 3.00. The van der Waals surface area contributed by atoms with E-state index in [2.05, 4.69) is 33.0 Å². The Balaban J connectivity index is 1.58. The quantitative estimate of drug-likeness (QED) is 0.929. The number of benzene rings is 1. The van der Waals surface area contributed by atoms with E-state index in [-0.39, 0.29) is 5.92 Å². The fraction of sp³-hybridized carbons (Fsp3) is 0.462. The molecular weight excluding hydrogens is 282 g/mol. The van der Waals surface area contributed by atoms with Gasteiger partial charge in [0, 0.05) is 24.1 Å². The monoisotopic (exact) mass is 295 g/mol. The highest BCUT2D eigenvalue weighted by atomic mass is 79.9. The van der Waals surface area contributed by atoms with Gasteiger partial charge in [0.15, 0.2) is 0 Å². The summed E-state index contributed by atoms with van der Waals surface area (Å²) in [4.78, 5) is 13.2. The smallest absolute Gasteiger partial charge is 0.307 e. The average molecular weight is 296 g/mol. The lowest BCUT2D eigenvalue weighted by atomic mass is 10.2. The van der Waals surface area contributed by atoms with Crippen LogP contribution < -0.4 is 0 Å². The first-order valence-corrected chi connectivity index (χ1v) is 6.64. The third-order valence-corrected chi connectivity index (χ3v) is 4.34. The van der Waals surface area contributed by atoms with Gasteiger partial charge in [-0.2, -0.15) is 0 Å². The molecule has 0 bridgehead atoms. The van der Waals surface area contributed by atoms with Crippen LogP contribution in [0.1, 0.15) is 5.56 Å². The Morgan fingerprint density at radius 1 is 1.41 bits per heavy atom. The topological polar surface area (TPSA) is 40.5 Å². The molecular formula is C13H14BrNO2. The molecule has 3 rings (SSSR count). The Bertz CT molecular complexity index is 450. The van der Waals surface area contributed by atoms with Crippen molar-refractivity contribution in [3.63, 3.8) is 0 Å². The number of carbonyl (C=O) groups is 1. The van der Waals surface area contributed by atoms with Crippen molar-refractivity contribution in [1.29, 1.82) is 0 Å². The summed E-state index contributed by atoms with van der Waals surface area (Å²) in [6.07, 6.45) is 0. The van der Waals surface area contributed by atoms with E-state index < -0.39 is 5.97 Å². The number of hydrogen-bond donors (Lipinski definition) is 1. The summed E-state index contributed by atoms with van der Waals surface area (Å²) in [5.41, 5.74) is 1.28. The summed E-state index contributed by atoms with van der Waals surface area (Å²) >= 11 is 3.46. The van der Waals surface area contributed by atoms with E-state index >= 15 is 0 Å². The maximum atomic E-state index is 10.9. The third kappa shape index (κ3) is 2.11. The minimum absolute atomic E-state index is 0.0613. The highest BCUT2D eigenvalue weighted by Gasteiger charge is 2.59. The van der Waals surface area contributed by atoms with E-state index in [1.807, 2.05) is 12.1 Å². The first kappa shape index (κ1) is 11.2. The van der Waals surface area contributed by atoms with Crippen LogP contribution in [0.3, 0.4) is 0 Å². The minimum atomic E-state index is -0.609. The zero-order chi connectivity index (χ0) is 12.0. The summed E-state index contributed by atoms with van der Waals surface area (Å²) in [5.74, 6) is 0.134. The number of rotatable bonds is 3. The molecule has 1 aliphatic carbocycles. The van der Waals surface area contributed by atoms with E-state index in [0.717, 1.165) is 24.1 Å². The molecule has 17 heavy (non-hydrogen) atoms. The second-order valence-electron chi connectivity index (χ2n) is 5.02. The van der Waals surface area contributed by atoms with Crippen molar-refractivity contribution in [2.75, 3.05) is 13.1 Å². The molecule has 2 unspecified atom stereocenters. The lowest BCUT2D eigenvalue weighted by molar-refractivity contribution is -0.139. The van der Waals surface area contributed by atoms with Crippen LogP contribution in [0.25, 0.3) is 0 Å². The van der Waals surface area contributed by atoms with Crippen molar-refractivity contribution in [1.82, 2.24) is 4.90 Å². The molecule has 1 aromatic rings. The molecule has 4 heteroatoms. The van der Waals surface area contributed by atoms with E-state index in [4.69, 9.17) is 5.11 Å². The third-order valence-electron chi connectivity index (χ3n) is 3.85. The molecule has 1 heterocycles. The first-order chi connectivity index (χ1) is 8.15. The van der Waals surface area contributed by atoms with Gasteiger partial charge in [-0.3, -0.25) is 9.69 Å². The Labute approximate surface area is 109 Å². The molecule has 2 atom stereocenters. The van der Waals surface area contributed by atoms with Crippen LogP contribution in [0.4, 0.5) is 0 Å². The van der Waals surface area contributed by atoms with Gasteiger partial charge in [-0.25, -0.2) is 0 Å². The minimum Gasteiger partial charge on any atom is -0.481 e. The highest BCUT2D eigenvalue weighted by Crippen LogP contribution is 2.51. The van der Waals surface area contributed by atoms with Gasteiger partial charge >= 0.3 is 5.97 Å². The van der Waals surface area contributed by atoms with Crippen LogP contribution >= 0.6 is 15.9 Å². The lowest BCUT2D eigenvalue weighted by Gasteiger charge is -2.18. The van der Waals surface area contributed by atoms with Crippen molar-refractivity contribution in [3.8, 4) is 0 Å². The lowest BCUT2D eigenvalue weighted by Crippen LogP contribution is -2.25. The zero-order valence-corrected chi connectivity index (χ0v) is 10.9. The van der Waals surface area contributed by atoms with Gasteiger partial charge in [0.2, 0.25) is 0 Å². The molecule has 1 saturated heterocycles. The second-order valence-corrected chi connectivity index (χ2v) is 5.93. The normalized spacial score (nSPS) is 31.2. The molecule has 1 aromatic carbocycles. The maximum absolute atomic E-state index is 10.9. The average Bonchev–Trinajstić information content (AvgIpc) is 2.77. The molecule has 0 aromatic heterocycles. The van der Waals surface area contributed by atoms with Crippen LogP contribution in [0.2, 0.25) is 0 Å². The van der Waals surface area contributed by atoms with Gasteiger partial charge in [0.1, 0.15) is 0 Å². The van der Waals surface area contributed by atoms with Gasteiger partial charge in [-0.1, -0.05) is 28.1 Å². The Kier molecular flexibility index (Phi) is 2.71. The zero-order valence-electron chi connectivity index (χ0n) is 9.34. The number of likely N-dealkylation sites (tertiary alicyclic amines) is 1. The summed E-state index contributed by atoms with van der Waals surface area (Å²) in [7, 11) is 0. The van der Waals surface area contributed by atoms with E-state index in [9.17, 15) is 4.79 Å². The van der Waals surface area contributed by atoms with Gasteiger partial charge in [-0.05, 0) is 29.5 Å². The molecule has 1 aliphatic heterocycles. The van der Waals surface area contributed by atoms with E-state index in [0.29, 0.717) is 11.8 Å². The molecule has 1 N–H and O–H groups in total. The Morgan fingerprint density at radius 3 is 2.71 bits per heavy atom. The molecule has 0 radical (unpaired) electrons. The number of piperidine rings is 1. The predicted octanol–water partition coefficient (Wildman–Crippen LogP) is 2.21. The van der Waals surface area contributed by atoms with Crippen LogP contribution in [-0.4, -0.2) is 29.1 Å². The summed E-state index contributed by atoms with van der Waals surface area (Å²) in [6, 6.07) is 8.30. The number of fused-ring (bicyclic) bond motifs is 1. The number of carboxylic acids is 1. The largest absolute Gasteiger partial charge is 0.481 e. The van der Waals surface area contributed by atoms with Crippen molar-refractivity contribution >= 4 is 21.9 Å². The van der Waals surface area contributed by atoms with E-state index in [1.165, 1.54) is 5.56 Å². The van der Waals surface area contributed by atoms with Crippen LogP contribution in [0.15, 0.2) is 28.7 Å². The number of carboxylic acid groups (broad SMARTS) is 1. The number of aliphatic carboxylic acids is 1. The molecule has 2 fully saturated rings. The SMILES string of the molecule is O=C(O)C1C2CN(Cc3cccc(Br)c3)CC21. The number of hydrogen-bond acceptors (Lipinski definition) is 2. The molecule has 2 aliphatic rings. The van der Waals surface area contributed by atoms with Crippen molar-refractivity contribution in [2.45, 2.75) is 6.54 Å². The Morgan fingerprint density at radius 2 is 2.12 bits per heavy atom. The highest BCUT2D eigenvalue weighted by molar-refractivity contribution is 9.10. The summed E-state index contributed by atoms with van der Waals surface area (Å²) in [6.45, 7) is 2.81. The van der Waals surface area contributed by atoms with Crippen molar-refractivity contribution in [3.05, 3.63) is 34.3 Å². The standard InChI is InChI=1S/C13H14BrNO2/c14-9-3-1-2-8(4-9)5-15-6-10-11(7-15)12(10)13(16)17/h1-4,10-12H,5-7H2,(H,16,17). The van der Waals surface area contributed by atoms with Gasteiger partial charge < -0.3 is 5.11 Å². The summed E-state index contributed by atoms with van der Waals surface area (Å²) in [5, 5.41) is 8.95. The number of halogens is 1. The molecule has 90 valence electrons. The summed E-state index contributed by atoms with van der Waals surface area (Å²) < 4.78 is 1.10. The van der Waals surface area contributed by atoms with Gasteiger partial charge in [0.25, 0.3) is 0 Å². The molecule has 0 spiro atoms. The molecule has 1 saturated carbocycles. The maximum Gasteiger partial charge on any atom is 0.307 e. The van der Waals surface area contributed by atoms with Crippen LogP contribution in [0.5, 0.6) is 0 Å².